The Balaban J connectivity index is 2.40. The van der Waals surface area contributed by atoms with Gasteiger partial charge in [-0.15, -0.1) is 11.3 Å². The van der Waals surface area contributed by atoms with Gasteiger partial charge in [0.1, 0.15) is 5.82 Å². The molecule has 0 aliphatic heterocycles. The van der Waals surface area contributed by atoms with Crippen molar-refractivity contribution in [3.63, 3.8) is 0 Å². The first-order valence-corrected chi connectivity index (χ1v) is 8.03. The van der Waals surface area contributed by atoms with Gasteiger partial charge in [0.25, 0.3) is 10.0 Å². The van der Waals surface area contributed by atoms with E-state index in [1.807, 2.05) is 6.92 Å². The lowest BCUT2D eigenvalue weighted by molar-refractivity contribution is 0.593. The summed E-state index contributed by atoms with van der Waals surface area (Å²) in [6, 6.07) is 2.18. The van der Waals surface area contributed by atoms with Crippen LogP contribution in [-0.4, -0.2) is 13.4 Å². The largest absolute Gasteiger partial charge is 0.398 e. The molecular weight excluding hydrogens is 301 g/mol. The Morgan fingerprint density at radius 1 is 1.30 bits per heavy atom. The number of nitrogen functional groups attached to an aromatic ring is 1. The standard InChI is InChI=1S/C12H14FN3O2S2/c1-6-10(13)4-9(5-11(6)14)20(17,18)16-12-15-7(2)8(3)19-12/h4-5H,14H2,1-3H3,(H,15,16). The highest BCUT2D eigenvalue weighted by Crippen LogP contribution is 2.26. The van der Waals surface area contributed by atoms with Crippen molar-refractivity contribution in [1.82, 2.24) is 4.98 Å². The summed E-state index contributed by atoms with van der Waals surface area (Å²) in [5, 5.41) is 0.250. The highest BCUT2D eigenvalue weighted by molar-refractivity contribution is 7.93. The minimum Gasteiger partial charge on any atom is -0.398 e. The number of aromatic nitrogens is 1. The molecule has 0 saturated heterocycles. The van der Waals surface area contributed by atoms with Crippen LogP contribution in [0.3, 0.4) is 0 Å². The molecule has 0 fully saturated rings. The quantitative estimate of drug-likeness (QED) is 0.853. The maximum atomic E-state index is 13.6. The third-order valence-corrected chi connectivity index (χ3v) is 5.35. The first-order chi connectivity index (χ1) is 9.20. The predicted octanol–water partition coefficient (Wildman–Crippen LogP) is 2.59. The van der Waals surface area contributed by atoms with Gasteiger partial charge in [-0.2, -0.15) is 0 Å². The number of sulfonamides is 1. The van der Waals surface area contributed by atoms with Crippen LogP contribution < -0.4 is 10.5 Å². The van der Waals surface area contributed by atoms with E-state index < -0.39 is 15.8 Å². The summed E-state index contributed by atoms with van der Waals surface area (Å²) in [6.45, 7) is 5.11. The number of halogens is 1. The molecule has 3 N–H and O–H groups in total. The van der Waals surface area contributed by atoms with Crippen molar-refractivity contribution < 1.29 is 12.8 Å². The lowest BCUT2D eigenvalue weighted by Gasteiger charge is -2.08. The van der Waals surface area contributed by atoms with E-state index in [-0.39, 0.29) is 21.3 Å². The van der Waals surface area contributed by atoms with Crippen molar-refractivity contribution in [3.8, 4) is 0 Å². The van der Waals surface area contributed by atoms with Crippen molar-refractivity contribution >= 4 is 32.2 Å². The van der Waals surface area contributed by atoms with E-state index in [0.717, 1.165) is 16.6 Å². The van der Waals surface area contributed by atoms with E-state index in [0.29, 0.717) is 0 Å². The summed E-state index contributed by atoms with van der Waals surface area (Å²) >= 11 is 1.22. The monoisotopic (exact) mass is 315 g/mol. The minimum atomic E-state index is -3.90. The summed E-state index contributed by atoms with van der Waals surface area (Å²) in [4.78, 5) is 4.78. The molecular formula is C12H14FN3O2S2. The fourth-order valence-corrected chi connectivity index (χ4v) is 3.62. The van der Waals surface area contributed by atoms with Gasteiger partial charge in [0, 0.05) is 16.1 Å². The van der Waals surface area contributed by atoms with Crippen LogP contribution in [0.4, 0.5) is 15.2 Å². The van der Waals surface area contributed by atoms with E-state index in [2.05, 4.69) is 9.71 Å². The molecule has 2 rings (SSSR count). The summed E-state index contributed by atoms with van der Waals surface area (Å²) in [6.07, 6.45) is 0. The number of rotatable bonds is 3. The Morgan fingerprint density at radius 3 is 2.45 bits per heavy atom. The zero-order chi connectivity index (χ0) is 15.1. The SMILES string of the molecule is Cc1nc(NS(=O)(=O)c2cc(N)c(C)c(F)c2)sc1C. The second-order valence-corrected chi connectivity index (χ2v) is 7.27. The topological polar surface area (TPSA) is 85.1 Å². The van der Waals surface area contributed by atoms with Gasteiger partial charge in [-0.3, -0.25) is 4.72 Å². The molecule has 1 heterocycles. The summed E-state index contributed by atoms with van der Waals surface area (Å²) in [7, 11) is -3.90. The lowest BCUT2D eigenvalue weighted by atomic mass is 10.2. The van der Waals surface area contributed by atoms with E-state index in [4.69, 9.17) is 5.73 Å². The number of hydrogen-bond donors (Lipinski definition) is 2. The molecule has 0 unspecified atom stereocenters. The van der Waals surface area contributed by atoms with Crippen molar-refractivity contribution in [2.24, 2.45) is 0 Å². The first-order valence-electron chi connectivity index (χ1n) is 5.73. The van der Waals surface area contributed by atoms with Gasteiger partial charge >= 0.3 is 0 Å². The van der Waals surface area contributed by atoms with Crippen LogP contribution in [-0.2, 0) is 10.0 Å². The number of aryl methyl sites for hydroxylation is 2. The van der Waals surface area contributed by atoms with Crippen LogP contribution in [0.2, 0.25) is 0 Å². The summed E-state index contributed by atoms with van der Waals surface area (Å²) in [5.41, 5.74) is 6.67. The molecule has 20 heavy (non-hydrogen) atoms. The summed E-state index contributed by atoms with van der Waals surface area (Å²) < 4.78 is 40.3. The highest BCUT2D eigenvalue weighted by Gasteiger charge is 2.19. The number of nitrogens with one attached hydrogen (secondary N) is 1. The highest BCUT2D eigenvalue weighted by atomic mass is 32.2. The lowest BCUT2D eigenvalue weighted by Crippen LogP contribution is -2.14. The Kier molecular flexibility index (Phi) is 3.70. The third kappa shape index (κ3) is 2.75. The molecule has 2 aromatic rings. The molecule has 0 radical (unpaired) electrons. The van der Waals surface area contributed by atoms with Crippen molar-refractivity contribution in [1.29, 1.82) is 0 Å². The van der Waals surface area contributed by atoms with Gasteiger partial charge < -0.3 is 5.73 Å². The molecule has 5 nitrogen and oxygen atoms in total. The molecule has 8 heteroatoms. The molecule has 0 bridgehead atoms. The van der Waals surface area contributed by atoms with Crippen LogP contribution in [0.25, 0.3) is 0 Å². The normalized spacial score (nSPS) is 11.6. The Morgan fingerprint density at radius 2 is 1.95 bits per heavy atom. The fourth-order valence-electron chi connectivity index (χ4n) is 1.52. The molecule has 0 saturated carbocycles. The maximum Gasteiger partial charge on any atom is 0.263 e. The Labute approximate surface area is 120 Å². The van der Waals surface area contributed by atoms with E-state index in [1.54, 1.807) is 6.92 Å². The van der Waals surface area contributed by atoms with Crippen LogP contribution in [0.5, 0.6) is 0 Å². The van der Waals surface area contributed by atoms with Crippen molar-refractivity contribution in [3.05, 3.63) is 34.1 Å². The van der Waals surface area contributed by atoms with Crippen molar-refractivity contribution in [2.45, 2.75) is 25.7 Å². The van der Waals surface area contributed by atoms with Crippen LogP contribution in [0.15, 0.2) is 17.0 Å². The maximum absolute atomic E-state index is 13.6. The number of nitrogens with zero attached hydrogens (tertiary/aromatic N) is 1. The predicted molar refractivity (Wildman–Crippen MR) is 77.9 cm³/mol. The zero-order valence-electron chi connectivity index (χ0n) is 11.2. The number of nitrogens with two attached hydrogens (primary N) is 1. The average molecular weight is 315 g/mol. The minimum absolute atomic E-state index is 0.0943. The molecule has 0 aliphatic carbocycles. The zero-order valence-corrected chi connectivity index (χ0v) is 12.8. The number of benzene rings is 1. The molecule has 0 aliphatic rings. The van der Waals surface area contributed by atoms with Crippen LogP contribution >= 0.6 is 11.3 Å². The van der Waals surface area contributed by atoms with Crippen LogP contribution in [0, 0.1) is 26.6 Å². The molecule has 1 aromatic heterocycles. The van der Waals surface area contributed by atoms with Gasteiger partial charge in [-0.25, -0.2) is 17.8 Å². The second-order valence-electron chi connectivity index (χ2n) is 4.39. The molecule has 0 spiro atoms. The van der Waals surface area contributed by atoms with E-state index in [1.165, 1.54) is 24.3 Å². The number of thiazole rings is 1. The first kappa shape index (κ1) is 14.7. The molecule has 1 aromatic carbocycles. The van der Waals surface area contributed by atoms with Gasteiger partial charge in [0.05, 0.1) is 10.6 Å². The summed E-state index contributed by atoms with van der Waals surface area (Å²) in [5.74, 6) is -0.656. The fraction of sp³-hybridized carbons (Fsp3) is 0.250. The third-order valence-electron chi connectivity index (χ3n) is 2.92. The van der Waals surface area contributed by atoms with Gasteiger partial charge in [-0.1, -0.05) is 0 Å². The van der Waals surface area contributed by atoms with E-state index in [9.17, 15) is 12.8 Å². The number of hydrogen-bond acceptors (Lipinski definition) is 5. The van der Waals surface area contributed by atoms with Gasteiger partial charge in [-0.05, 0) is 32.9 Å². The average Bonchev–Trinajstić information content (AvgIpc) is 2.63. The van der Waals surface area contributed by atoms with E-state index >= 15 is 0 Å². The Bertz CT molecular complexity index is 726. The second kappa shape index (κ2) is 5.02. The van der Waals surface area contributed by atoms with Crippen molar-refractivity contribution in [2.75, 3.05) is 10.5 Å². The van der Waals surface area contributed by atoms with Gasteiger partial charge in [0.2, 0.25) is 0 Å². The van der Waals surface area contributed by atoms with Gasteiger partial charge in [0.15, 0.2) is 5.13 Å². The smallest absolute Gasteiger partial charge is 0.263 e. The molecule has 0 amide bonds. The number of anilines is 2. The molecule has 108 valence electrons. The van der Waals surface area contributed by atoms with Crippen LogP contribution in [0.1, 0.15) is 16.1 Å². The molecule has 0 atom stereocenters. The Hall–Kier alpha value is -1.67.